The highest BCUT2D eigenvalue weighted by Gasteiger charge is 2.37. The minimum Gasteiger partial charge on any atom is -0.463 e. The minimum absolute atomic E-state index is 0.0317. The molecule has 2 heterocycles. The number of nitrogens with zero attached hydrogens (tertiary/aromatic N) is 2. The van der Waals surface area contributed by atoms with E-state index in [2.05, 4.69) is 10.2 Å². The highest BCUT2D eigenvalue weighted by atomic mass is 19.1. The van der Waals surface area contributed by atoms with Gasteiger partial charge in [0.25, 0.3) is 0 Å². The Balaban J connectivity index is 1.73. The maximum Gasteiger partial charge on any atom is 0.336 e. The molecule has 2 aliphatic rings. The van der Waals surface area contributed by atoms with Crippen LogP contribution in [0.5, 0.6) is 0 Å². The van der Waals surface area contributed by atoms with Crippen LogP contribution in [-0.2, 0) is 19.1 Å². The normalized spacial score (nSPS) is 19.8. The summed E-state index contributed by atoms with van der Waals surface area (Å²) in [6.45, 7) is 6.74. The maximum absolute atomic E-state index is 13.8. The lowest BCUT2D eigenvalue weighted by atomic mass is 9.83. The van der Waals surface area contributed by atoms with Gasteiger partial charge in [-0.25, -0.2) is 9.18 Å². The van der Waals surface area contributed by atoms with Gasteiger partial charge in [0.1, 0.15) is 12.4 Å². The second-order valence-corrected chi connectivity index (χ2v) is 8.26. The smallest absolute Gasteiger partial charge is 0.336 e. The van der Waals surface area contributed by atoms with E-state index < -0.39 is 17.7 Å². The number of nitrogens with one attached hydrogen (secondary N) is 1. The molecule has 7 nitrogen and oxygen atoms in total. The number of benzene rings is 1. The summed E-state index contributed by atoms with van der Waals surface area (Å²) in [5, 5.41) is 2.88. The molecule has 1 aromatic carbocycles. The summed E-state index contributed by atoms with van der Waals surface area (Å²) in [4.78, 5) is 41.8. The summed E-state index contributed by atoms with van der Waals surface area (Å²) in [6.07, 6.45) is 3.59. The molecule has 1 atom stereocenters. The average Bonchev–Trinajstić information content (AvgIpc) is 2.77. The zero-order chi connectivity index (χ0) is 23.1. The molecule has 0 radical (unpaired) electrons. The molecule has 0 bridgehead atoms. The molecule has 2 amide bonds. The van der Waals surface area contributed by atoms with Gasteiger partial charge in [0.2, 0.25) is 11.8 Å². The lowest BCUT2D eigenvalue weighted by Crippen LogP contribution is -2.45. The molecule has 8 heteroatoms. The van der Waals surface area contributed by atoms with Gasteiger partial charge in [-0.3, -0.25) is 9.59 Å². The molecular formula is C24H32FN3O4. The van der Waals surface area contributed by atoms with E-state index in [1.807, 2.05) is 0 Å². The number of carbonyl (C=O) groups excluding carboxylic acids is 3. The van der Waals surface area contributed by atoms with Gasteiger partial charge in [0.05, 0.1) is 12.2 Å². The molecule has 0 saturated carbocycles. The fourth-order valence-electron chi connectivity index (χ4n) is 4.42. The van der Waals surface area contributed by atoms with E-state index in [9.17, 15) is 18.8 Å². The Morgan fingerprint density at radius 3 is 2.66 bits per heavy atom. The number of hydrogen-bond acceptors (Lipinski definition) is 5. The first-order valence-electron chi connectivity index (χ1n) is 11.3. The fourth-order valence-corrected chi connectivity index (χ4v) is 4.42. The van der Waals surface area contributed by atoms with E-state index in [1.54, 1.807) is 26.0 Å². The SMILES string of the molecule is CCOC(=O)C1=C(C)N(CC(=O)NCCN2CCCCC2)C(=O)CC1c1cccc(F)c1. The van der Waals surface area contributed by atoms with Crippen LogP contribution < -0.4 is 5.32 Å². The van der Waals surface area contributed by atoms with Crippen LogP contribution in [0.25, 0.3) is 0 Å². The van der Waals surface area contributed by atoms with Gasteiger partial charge >= 0.3 is 5.97 Å². The molecule has 1 fully saturated rings. The second-order valence-electron chi connectivity index (χ2n) is 8.26. The van der Waals surface area contributed by atoms with Crippen LogP contribution in [-0.4, -0.2) is 66.9 Å². The number of carbonyl (C=O) groups is 3. The molecule has 2 aliphatic heterocycles. The van der Waals surface area contributed by atoms with Gasteiger partial charge < -0.3 is 19.9 Å². The van der Waals surface area contributed by atoms with Crippen molar-refractivity contribution >= 4 is 17.8 Å². The van der Waals surface area contributed by atoms with Crippen LogP contribution in [0.1, 0.15) is 51.0 Å². The first-order chi connectivity index (χ1) is 15.4. The van der Waals surface area contributed by atoms with E-state index in [-0.39, 0.29) is 37.0 Å². The van der Waals surface area contributed by atoms with Crippen LogP contribution in [0.15, 0.2) is 35.5 Å². The molecular weight excluding hydrogens is 413 g/mol. The van der Waals surface area contributed by atoms with Crippen molar-refractivity contribution in [1.29, 1.82) is 0 Å². The Morgan fingerprint density at radius 2 is 1.97 bits per heavy atom. The molecule has 0 aromatic heterocycles. The fraction of sp³-hybridized carbons (Fsp3) is 0.542. The Morgan fingerprint density at radius 1 is 1.22 bits per heavy atom. The van der Waals surface area contributed by atoms with Crippen molar-refractivity contribution in [2.45, 2.75) is 45.4 Å². The van der Waals surface area contributed by atoms with Gasteiger partial charge in [-0.2, -0.15) is 0 Å². The van der Waals surface area contributed by atoms with Gasteiger partial charge in [-0.05, 0) is 57.5 Å². The van der Waals surface area contributed by atoms with Crippen LogP contribution in [0.2, 0.25) is 0 Å². The lowest BCUT2D eigenvalue weighted by molar-refractivity contribution is -0.141. The molecule has 1 N–H and O–H groups in total. The number of esters is 1. The quantitative estimate of drug-likeness (QED) is 0.623. The number of hydrogen-bond donors (Lipinski definition) is 1. The monoisotopic (exact) mass is 445 g/mol. The number of ether oxygens (including phenoxy) is 1. The highest BCUT2D eigenvalue weighted by Crippen LogP contribution is 2.37. The predicted octanol–water partition coefficient (Wildman–Crippen LogP) is 2.58. The predicted molar refractivity (Wildman–Crippen MR) is 118 cm³/mol. The van der Waals surface area contributed by atoms with Crippen molar-refractivity contribution in [3.05, 3.63) is 46.9 Å². The molecule has 174 valence electrons. The van der Waals surface area contributed by atoms with Crippen LogP contribution in [0.3, 0.4) is 0 Å². The number of halogens is 1. The maximum atomic E-state index is 13.8. The summed E-state index contributed by atoms with van der Waals surface area (Å²) in [5.74, 6) is -2.16. The Bertz CT molecular complexity index is 880. The van der Waals surface area contributed by atoms with Crippen LogP contribution in [0, 0.1) is 5.82 Å². The second kappa shape index (κ2) is 11.2. The first-order valence-corrected chi connectivity index (χ1v) is 11.3. The summed E-state index contributed by atoms with van der Waals surface area (Å²) in [5.41, 5.74) is 1.20. The molecule has 1 saturated heterocycles. The third-order valence-electron chi connectivity index (χ3n) is 6.07. The van der Waals surface area contributed by atoms with E-state index >= 15 is 0 Å². The number of piperidine rings is 1. The summed E-state index contributed by atoms with van der Waals surface area (Å²) >= 11 is 0. The minimum atomic E-state index is -0.615. The largest absolute Gasteiger partial charge is 0.463 e. The van der Waals surface area contributed by atoms with Gasteiger partial charge in [0.15, 0.2) is 0 Å². The van der Waals surface area contributed by atoms with Crippen molar-refractivity contribution in [2.75, 3.05) is 39.3 Å². The number of likely N-dealkylation sites (tertiary alicyclic amines) is 1. The van der Waals surface area contributed by atoms with Crippen molar-refractivity contribution in [3.8, 4) is 0 Å². The summed E-state index contributed by atoms with van der Waals surface area (Å²) in [7, 11) is 0. The molecule has 0 aliphatic carbocycles. The Hall–Kier alpha value is -2.74. The Labute approximate surface area is 188 Å². The highest BCUT2D eigenvalue weighted by molar-refractivity contribution is 5.97. The van der Waals surface area contributed by atoms with Crippen LogP contribution in [0.4, 0.5) is 4.39 Å². The average molecular weight is 446 g/mol. The standard InChI is InChI=1S/C24H32FN3O4/c1-3-32-24(31)23-17(2)28(16-21(29)26-10-13-27-11-5-4-6-12-27)22(30)15-20(23)18-8-7-9-19(25)14-18/h7-9,14,20H,3-6,10-13,15-16H2,1-2H3,(H,26,29). The molecule has 32 heavy (non-hydrogen) atoms. The van der Waals surface area contributed by atoms with Gasteiger partial charge in [-0.15, -0.1) is 0 Å². The summed E-state index contributed by atoms with van der Waals surface area (Å²) in [6, 6.07) is 5.88. The number of allylic oxidation sites excluding steroid dienone is 1. The Kier molecular flexibility index (Phi) is 8.39. The van der Waals surface area contributed by atoms with Crippen molar-refractivity contribution in [2.24, 2.45) is 0 Å². The third-order valence-corrected chi connectivity index (χ3v) is 6.07. The van der Waals surface area contributed by atoms with Crippen LogP contribution >= 0.6 is 0 Å². The topological polar surface area (TPSA) is 79.0 Å². The molecule has 0 spiro atoms. The lowest BCUT2D eigenvalue weighted by Gasteiger charge is -2.34. The number of amides is 2. The van der Waals surface area contributed by atoms with Gasteiger partial charge in [0, 0.05) is 31.1 Å². The molecule has 1 unspecified atom stereocenters. The zero-order valence-electron chi connectivity index (χ0n) is 18.9. The van der Waals surface area contributed by atoms with Crippen molar-refractivity contribution in [3.63, 3.8) is 0 Å². The van der Waals surface area contributed by atoms with E-state index in [0.29, 0.717) is 17.8 Å². The zero-order valence-corrected chi connectivity index (χ0v) is 18.9. The van der Waals surface area contributed by atoms with Gasteiger partial charge in [-0.1, -0.05) is 18.6 Å². The van der Waals surface area contributed by atoms with E-state index in [0.717, 1.165) is 19.6 Å². The van der Waals surface area contributed by atoms with E-state index in [4.69, 9.17) is 4.74 Å². The third kappa shape index (κ3) is 5.94. The van der Waals surface area contributed by atoms with Crippen molar-refractivity contribution < 1.29 is 23.5 Å². The summed E-state index contributed by atoms with van der Waals surface area (Å²) < 4.78 is 19.0. The molecule has 3 rings (SSSR count). The first kappa shape index (κ1) is 23.9. The van der Waals surface area contributed by atoms with Crippen molar-refractivity contribution in [1.82, 2.24) is 15.1 Å². The molecule has 1 aromatic rings. The number of rotatable bonds is 8. The van der Waals surface area contributed by atoms with E-state index in [1.165, 1.54) is 36.3 Å².